The fourth-order valence-electron chi connectivity index (χ4n) is 3.61. The highest BCUT2D eigenvalue weighted by molar-refractivity contribution is 5.69. The van der Waals surface area contributed by atoms with Gasteiger partial charge < -0.3 is 14.4 Å². The Labute approximate surface area is 170 Å². The molecule has 0 spiro atoms. The molecule has 1 aliphatic heterocycles. The SMILES string of the molecule is O=C(OCc1ccccc1)N1CCCC1c1cccnc1OCc1ccccc1. The topological polar surface area (TPSA) is 51.7 Å². The molecule has 2 heterocycles. The zero-order chi connectivity index (χ0) is 19.9. The number of benzene rings is 2. The van der Waals surface area contributed by atoms with E-state index in [0.717, 1.165) is 29.5 Å². The monoisotopic (exact) mass is 388 g/mol. The fraction of sp³-hybridized carbons (Fsp3) is 0.250. The summed E-state index contributed by atoms with van der Waals surface area (Å²) in [5.41, 5.74) is 2.98. The minimum atomic E-state index is -0.297. The Morgan fingerprint density at radius 1 is 0.931 bits per heavy atom. The van der Waals surface area contributed by atoms with Crippen LogP contribution in [0.2, 0.25) is 0 Å². The number of carbonyl (C=O) groups is 1. The first-order chi connectivity index (χ1) is 14.3. The highest BCUT2D eigenvalue weighted by atomic mass is 16.6. The molecule has 5 heteroatoms. The Hall–Kier alpha value is -3.34. The number of amides is 1. The quantitative estimate of drug-likeness (QED) is 0.587. The van der Waals surface area contributed by atoms with E-state index >= 15 is 0 Å². The second-order valence-corrected chi connectivity index (χ2v) is 7.06. The molecule has 0 N–H and O–H groups in total. The zero-order valence-electron chi connectivity index (χ0n) is 16.2. The molecule has 3 aromatic rings. The molecular weight excluding hydrogens is 364 g/mol. The molecule has 1 saturated heterocycles. The van der Waals surface area contributed by atoms with Crippen molar-refractivity contribution in [2.75, 3.05) is 6.54 Å². The van der Waals surface area contributed by atoms with Gasteiger partial charge in [-0.15, -0.1) is 0 Å². The predicted molar refractivity (Wildman–Crippen MR) is 110 cm³/mol. The van der Waals surface area contributed by atoms with Crippen molar-refractivity contribution in [2.24, 2.45) is 0 Å². The van der Waals surface area contributed by atoms with Gasteiger partial charge in [0.1, 0.15) is 13.2 Å². The van der Waals surface area contributed by atoms with Gasteiger partial charge in [0.15, 0.2) is 0 Å². The smallest absolute Gasteiger partial charge is 0.410 e. The number of ether oxygens (including phenoxy) is 2. The van der Waals surface area contributed by atoms with Crippen molar-refractivity contribution in [1.29, 1.82) is 0 Å². The lowest BCUT2D eigenvalue weighted by molar-refractivity contribution is 0.0914. The molecule has 0 saturated carbocycles. The summed E-state index contributed by atoms with van der Waals surface area (Å²) in [5, 5.41) is 0. The van der Waals surface area contributed by atoms with Gasteiger partial charge in [-0.25, -0.2) is 9.78 Å². The molecule has 1 amide bonds. The van der Waals surface area contributed by atoms with Crippen LogP contribution in [0.3, 0.4) is 0 Å². The highest BCUT2D eigenvalue weighted by Gasteiger charge is 2.33. The molecule has 1 fully saturated rings. The van der Waals surface area contributed by atoms with Crippen molar-refractivity contribution in [3.05, 3.63) is 95.7 Å². The number of aromatic nitrogens is 1. The molecule has 5 nitrogen and oxygen atoms in total. The number of nitrogens with zero attached hydrogens (tertiary/aromatic N) is 2. The van der Waals surface area contributed by atoms with E-state index in [-0.39, 0.29) is 18.7 Å². The van der Waals surface area contributed by atoms with Crippen molar-refractivity contribution in [2.45, 2.75) is 32.1 Å². The second kappa shape index (κ2) is 9.24. The molecule has 1 aliphatic rings. The van der Waals surface area contributed by atoms with Crippen LogP contribution in [0.15, 0.2) is 79.0 Å². The van der Waals surface area contributed by atoms with Gasteiger partial charge in [0.2, 0.25) is 5.88 Å². The summed E-state index contributed by atoms with van der Waals surface area (Å²) in [7, 11) is 0. The van der Waals surface area contributed by atoms with Crippen LogP contribution < -0.4 is 4.74 Å². The number of carbonyl (C=O) groups excluding carboxylic acids is 1. The lowest BCUT2D eigenvalue weighted by Gasteiger charge is -2.25. The molecule has 1 unspecified atom stereocenters. The first kappa shape index (κ1) is 19.0. The molecular formula is C24H24N2O3. The minimum Gasteiger partial charge on any atom is -0.473 e. The lowest BCUT2D eigenvalue weighted by Crippen LogP contribution is -2.31. The summed E-state index contributed by atoms with van der Waals surface area (Å²) in [4.78, 5) is 18.9. The van der Waals surface area contributed by atoms with Gasteiger partial charge in [-0.2, -0.15) is 0 Å². The van der Waals surface area contributed by atoms with Gasteiger partial charge >= 0.3 is 6.09 Å². The Bertz CT molecular complexity index is 931. The maximum absolute atomic E-state index is 12.7. The van der Waals surface area contributed by atoms with Crippen LogP contribution in [0, 0.1) is 0 Å². The summed E-state index contributed by atoms with van der Waals surface area (Å²) in [6.07, 6.45) is 3.22. The molecule has 148 valence electrons. The Balaban J connectivity index is 1.44. The third-order valence-corrected chi connectivity index (χ3v) is 5.07. The van der Waals surface area contributed by atoms with Gasteiger partial charge in [-0.05, 0) is 30.0 Å². The minimum absolute atomic E-state index is 0.0854. The Morgan fingerprint density at radius 3 is 2.34 bits per heavy atom. The normalized spacial score (nSPS) is 15.9. The van der Waals surface area contributed by atoms with Crippen LogP contribution in [0.4, 0.5) is 4.79 Å². The molecule has 1 aromatic heterocycles. The van der Waals surface area contributed by atoms with Gasteiger partial charge in [0, 0.05) is 18.3 Å². The number of likely N-dealkylation sites (tertiary alicyclic amines) is 1. The lowest BCUT2D eigenvalue weighted by atomic mass is 10.1. The van der Waals surface area contributed by atoms with Crippen molar-refractivity contribution < 1.29 is 14.3 Å². The van der Waals surface area contributed by atoms with Crippen LogP contribution in [0.5, 0.6) is 5.88 Å². The van der Waals surface area contributed by atoms with E-state index in [1.807, 2.05) is 72.8 Å². The number of hydrogen-bond donors (Lipinski definition) is 0. The van der Waals surface area contributed by atoms with E-state index in [4.69, 9.17) is 9.47 Å². The molecule has 0 bridgehead atoms. The van der Waals surface area contributed by atoms with Crippen molar-refractivity contribution >= 4 is 6.09 Å². The van der Waals surface area contributed by atoms with Crippen molar-refractivity contribution in [3.8, 4) is 5.88 Å². The van der Waals surface area contributed by atoms with E-state index in [1.54, 1.807) is 11.1 Å². The second-order valence-electron chi connectivity index (χ2n) is 7.06. The van der Waals surface area contributed by atoms with E-state index in [2.05, 4.69) is 4.98 Å². The standard InChI is InChI=1S/C24H24N2O3/c27-24(29-18-20-11-5-2-6-12-20)26-16-8-14-22(26)21-13-7-15-25-23(21)28-17-19-9-3-1-4-10-19/h1-7,9-13,15,22H,8,14,16-18H2. The zero-order valence-corrected chi connectivity index (χ0v) is 16.2. The number of pyridine rings is 1. The molecule has 0 radical (unpaired) electrons. The van der Waals surface area contributed by atoms with Crippen molar-refractivity contribution in [1.82, 2.24) is 9.88 Å². The van der Waals surface area contributed by atoms with Crippen LogP contribution in [-0.4, -0.2) is 22.5 Å². The van der Waals surface area contributed by atoms with E-state index in [0.29, 0.717) is 19.0 Å². The van der Waals surface area contributed by atoms with Gasteiger partial charge in [-0.3, -0.25) is 0 Å². The van der Waals surface area contributed by atoms with E-state index in [9.17, 15) is 4.79 Å². The largest absolute Gasteiger partial charge is 0.473 e. The summed E-state index contributed by atoms with van der Waals surface area (Å²) in [6.45, 7) is 1.38. The Kier molecular flexibility index (Phi) is 6.05. The predicted octanol–water partition coefficient (Wildman–Crippen LogP) is 5.13. The average Bonchev–Trinajstić information content (AvgIpc) is 3.27. The summed E-state index contributed by atoms with van der Waals surface area (Å²) >= 11 is 0. The number of hydrogen-bond acceptors (Lipinski definition) is 4. The summed E-state index contributed by atoms with van der Waals surface area (Å²) in [6, 6.07) is 23.5. The maximum atomic E-state index is 12.7. The maximum Gasteiger partial charge on any atom is 0.410 e. The number of rotatable bonds is 6. The van der Waals surface area contributed by atoms with Crippen molar-refractivity contribution in [3.63, 3.8) is 0 Å². The van der Waals surface area contributed by atoms with Gasteiger partial charge in [-0.1, -0.05) is 66.7 Å². The van der Waals surface area contributed by atoms with Crippen LogP contribution in [-0.2, 0) is 18.0 Å². The highest BCUT2D eigenvalue weighted by Crippen LogP contribution is 2.36. The first-order valence-electron chi connectivity index (χ1n) is 9.90. The third kappa shape index (κ3) is 4.74. The Morgan fingerprint density at radius 2 is 1.62 bits per heavy atom. The third-order valence-electron chi connectivity index (χ3n) is 5.07. The van der Waals surface area contributed by atoms with E-state index < -0.39 is 0 Å². The summed E-state index contributed by atoms with van der Waals surface area (Å²) in [5.74, 6) is 0.573. The first-order valence-corrected chi connectivity index (χ1v) is 9.90. The van der Waals surface area contributed by atoms with Crippen LogP contribution in [0.25, 0.3) is 0 Å². The van der Waals surface area contributed by atoms with Gasteiger partial charge in [0.25, 0.3) is 0 Å². The molecule has 29 heavy (non-hydrogen) atoms. The average molecular weight is 388 g/mol. The van der Waals surface area contributed by atoms with Crippen LogP contribution >= 0.6 is 0 Å². The molecule has 1 atom stereocenters. The molecule has 0 aliphatic carbocycles. The summed E-state index contributed by atoms with van der Waals surface area (Å²) < 4.78 is 11.6. The molecule has 2 aromatic carbocycles. The molecule has 4 rings (SSSR count). The van der Waals surface area contributed by atoms with E-state index in [1.165, 1.54) is 0 Å². The fourth-order valence-corrected chi connectivity index (χ4v) is 3.61. The van der Waals surface area contributed by atoms with Crippen LogP contribution in [0.1, 0.15) is 35.6 Å². The van der Waals surface area contributed by atoms with Gasteiger partial charge in [0.05, 0.1) is 6.04 Å².